The van der Waals surface area contributed by atoms with E-state index in [2.05, 4.69) is 9.73 Å². The van der Waals surface area contributed by atoms with E-state index in [1.807, 2.05) is 42.0 Å². The third kappa shape index (κ3) is 6.96. The molecule has 2 aromatic carbocycles. The lowest BCUT2D eigenvalue weighted by Crippen LogP contribution is -2.59. The summed E-state index contributed by atoms with van der Waals surface area (Å²) < 4.78 is 46.9. The predicted octanol–water partition coefficient (Wildman–Crippen LogP) is 4.88. The molecule has 2 heterocycles. The molecule has 1 saturated heterocycles. The Bertz CT molecular complexity index is 1290. The number of hydrogen-bond acceptors (Lipinski definition) is 6. The highest BCUT2D eigenvalue weighted by molar-refractivity contribution is 6.30. The van der Waals surface area contributed by atoms with E-state index < -0.39 is 6.36 Å². The highest BCUT2D eigenvalue weighted by Crippen LogP contribution is 2.28. The van der Waals surface area contributed by atoms with Crippen molar-refractivity contribution in [3.8, 4) is 17.7 Å². The fraction of sp³-hybridized carbons (Fsp3) is 0.407. The fourth-order valence-electron chi connectivity index (χ4n) is 4.55. The summed E-state index contributed by atoms with van der Waals surface area (Å²) in [5.41, 5.74) is 1.48. The Labute approximate surface area is 235 Å². The largest absolute Gasteiger partial charge is 0.573 e. The number of nitrogens with zero attached hydrogens (tertiary/aromatic N) is 6. The Balaban J connectivity index is 1.49. The topological polar surface area (TPSA) is 93.8 Å². The SMILES string of the molecule is CCCN(C(=O)CC)C1CN(C(=NC#N)N2CC(Oc3ccc(OC(F)(F)F)cc3)C2)N=C1c1ccc(Cl)cc1. The second kappa shape index (κ2) is 12.5. The molecule has 2 aliphatic heterocycles. The molecule has 1 amide bonds. The van der Waals surface area contributed by atoms with Crippen molar-refractivity contribution in [3.05, 3.63) is 59.1 Å². The van der Waals surface area contributed by atoms with Gasteiger partial charge in [-0.05, 0) is 42.8 Å². The van der Waals surface area contributed by atoms with E-state index in [0.717, 1.165) is 12.0 Å². The normalized spacial score (nSPS) is 17.7. The molecule has 1 fully saturated rings. The van der Waals surface area contributed by atoms with Gasteiger partial charge in [0.1, 0.15) is 17.6 Å². The molecular formula is C27H28ClF3N6O3. The summed E-state index contributed by atoms with van der Waals surface area (Å²) in [6, 6.07) is 12.0. The summed E-state index contributed by atoms with van der Waals surface area (Å²) >= 11 is 6.09. The van der Waals surface area contributed by atoms with Crippen molar-refractivity contribution in [2.24, 2.45) is 10.1 Å². The highest BCUT2D eigenvalue weighted by atomic mass is 35.5. The molecule has 9 nitrogen and oxygen atoms in total. The van der Waals surface area contributed by atoms with Crippen LogP contribution in [0.5, 0.6) is 11.5 Å². The third-order valence-corrected chi connectivity index (χ3v) is 6.62. The first-order valence-electron chi connectivity index (χ1n) is 12.8. The van der Waals surface area contributed by atoms with E-state index in [1.165, 1.54) is 24.3 Å². The first-order chi connectivity index (χ1) is 19.1. The molecule has 0 bridgehead atoms. The Kier molecular flexibility index (Phi) is 9.04. The second-order valence-electron chi connectivity index (χ2n) is 9.21. The van der Waals surface area contributed by atoms with Crippen LogP contribution in [0.4, 0.5) is 13.2 Å². The van der Waals surface area contributed by atoms with Gasteiger partial charge in [0.15, 0.2) is 0 Å². The Morgan fingerprint density at radius 1 is 1.12 bits per heavy atom. The number of likely N-dealkylation sites (tertiary alicyclic amines) is 1. The number of guanidine groups is 1. The van der Waals surface area contributed by atoms with Crippen molar-refractivity contribution < 1.29 is 27.4 Å². The van der Waals surface area contributed by atoms with Crippen LogP contribution in [-0.4, -0.2) is 77.1 Å². The van der Waals surface area contributed by atoms with E-state index in [1.54, 1.807) is 17.1 Å². The lowest BCUT2D eigenvalue weighted by atomic mass is 10.0. The first-order valence-corrected chi connectivity index (χ1v) is 13.1. The number of alkyl halides is 3. The van der Waals surface area contributed by atoms with E-state index >= 15 is 0 Å². The smallest absolute Gasteiger partial charge is 0.487 e. The lowest BCUT2D eigenvalue weighted by Gasteiger charge is -2.42. The molecule has 1 atom stereocenters. The van der Waals surface area contributed by atoms with Gasteiger partial charge in [0, 0.05) is 23.6 Å². The minimum absolute atomic E-state index is 0.00166. The molecule has 0 spiro atoms. The molecule has 0 N–H and O–H groups in total. The van der Waals surface area contributed by atoms with Crippen molar-refractivity contribution in [1.29, 1.82) is 5.26 Å². The Morgan fingerprint density at radius 3 is 2.35 bits per heavy atom. The molecule has 13 heteroatoms. The van der Waals surface area contributed by atoms with Crippen LogP contribution in [0.3, 0.4) is 0 Å². The van der Waals surface area contributed by atoms with Gasteiger partial charge in [-0.15, -0.1) is 18.2 Å². The number of benzene rings is 2. The molecular weight excluding hydrogens is 549 g/mol. The molecule has 212 valence electrons. The van der Waals surface area contributed by atoms with Crippen LogP contribution in [0.1, 0.15) is 32.3 Å². The fourth-order valence-corrected chi connectivity index (χ4v) is 4.68. The zero-order valence-corrected chi connectivity index (χ0v) is 22.7. The number of hydrogen-bond donors (Lipinski definition) is 0. The average Bonchev–Trinajstić information content (AvgIpc) is 3.33. The summed E-state index contributed by atoms with van der Waals surface area (Å²) in [6.45, 7) is 5.43. The van der Waals surface area contributed by atoms with Gasteiger partial charge in [-0.3, -0.25) is 4.79 Å². The van der Waals surface area contributed by atoms with Crippen molar-refractivity contribution in [3.63, 3.8) is 0 Å². The number of hydrazone groups is 1. The van der Waals surface area contributed by atoms with Crippen LogP contribution in [-0.2, 0) is 4.79 Å². The zero-order chi connectivity index (χ0) is 28.9. The van der Waals surface area contributed by atoms with Gasteiger partial charge in [0.25, 0.3) is 0 Å². The predicted molar refractivity (Wildman–Crippen MR) is 143 cm³/mol. The minimum atomic E-state index is -4.77. The van der Waals surface area contributed by atoms with Crippen molar-refractivity contribution in [1.82, 2.24) is 14.8 Å². The number of halogens is 4. The Hall–Kier alpha value is -3.98. The molecule has 0 radical (unpaired) electrons. The average molecular weight is 577 g/mol. The van der Waals surface area contributed by atoms with Gasteiger partial charge in [-0.2, -0.15) is 10.4 Å². The molecule has 2 aromatic rings. The maximum absolute atomic E-state index is 12.9. The van der Waals surface area contributed by atoms with Gasteiger partial charge in [0.05, 0.1) is 31.4 Å². The molecule has 40 heavy (non-hydrogen) atoms. The maximum atomic E-state index is 12.9. The van der Waals surface area contributed by atoms with Crippen LogP contribution in [0.25, 0.3) is 0 Å². The van der Waals surface area contributed by atoms with Gasteiger partial charge in [0.2, 0.25) is 18.1 Å². The minimum Gasteiger partial charge on any atom is -0.487 e. The van der Waals surface area contributed by atoms with Crippen molar-refractivity contribution in [2.75, 3.05) is 26.2 Å². The summed E-state index contributed by atoms with van der Waals surface area (Å²) in [5.74, 6) is 0.370. The first kappa shape index (κ1) is 29.0. The monoisotopic (exact) mass is 576 g/mol. The molecule has 0 saturated carbocycles. The molecule has 2 aliphatic rings. The summed E-state index contributed by atoms with van der Waals surface area (Å²) in [4.78, 5) is 20.6. The van der Waals surface area contributed by atoms with Gasteiger partial charge in [-0.1, -0.05) is 37.6 Å². The lowest BCUT2D eigenvalue weighted by molar-refractivity contribution is -0.274. The summed E-state index contributed by atoms with van der Waals surface area (Å²) in [6.07, 6.45) is -2.10. The number of carbonyl (C=O) groups is 1. The second-order valence-corrected chi connectivity index (χ2v) is 9.64. The standard InChI is InChI=1S/C27H28ClF3N6O3/c1-3-13-36(24(38)4-2)23-16-37(34-25(23)18-5-7-19(28)8-6-18)26(33-17-32)35-14-22(15-35)39-20-9-11-21(12-10-20)40-27(29,30)31/h5-12,22-23H,3-4,13-16H2,1-2H3. The number of nitriles is 1. The number of aliphatic imine (C=N–C) groups is 1. The number of carbonyl (C=O) groups excluding carboxylic acids is 1. The molecule has 4 rings (SSSR count). The van der Waals surface area contributed by atoms with Gasteiger partial charge in [-0.25, -0.2) is 5.01 Å². The quantitative estimate of drug-likeness (QED) is 0.253. The van der Waals surface area contributed by atoms with E-state index in [-0.39, 0.29) is 23.8 Å². The van der Waals surface area contributed by atoms with E-state index in [9.17, 15) is 23.2 Å². The summed E-state index contributed by atoms with van der Waals surface area (Å²) in [7, 11) is 0. The van der Waals surface area contributed by atoms with E-state index in [0.29, 0.717) is 55.0 Å². The van der Waals surface area contributed by atoms with Crippen LogP contribution in [0.2, 0.25) is 5.02 Å². The zero-order valence-electron chi connectivity index (χ0n) is 21.9. The third-order valence-electron chi connectivity index (χ3n) is 6.37. The Morgan fingerprint density at radius 2 is 1.77 bits per heavy atom. The number of amides is 1. The highest BCUT2D eigenvalue weighted by Gasteiger charge is 2.40. The van der Waals surface area contributed by atoms with Gasteiger partial charge >= 0.3 is 6.36 Å². The van der Waals surface area contributed by atoms with Crippen molar-refractivity contribution >= 4 is 29.2 Å². The van der Waals surface area contributed by atoms with Crippen LogP contribution < -0.4 is 9.47 Å². The van der Waals surface area contributed by atoms with Crippen molar-refractivity contribution in [2.45, 2.75) is 45.2 Å². The number of rotatable bonds is 8. The van der Waals surface area contributed by atoms with E-state index in [4.69, 9.17) is 21.4 Å². The van der Waals surface area contributed by atoms with Gasteiger partial charge < -0.3 is 19.3 Å². The molecule has 1 unspecified atom stereocenters. The molecule has 0 aliphatic carbocycles. The molecule has 0 aromatic heterocycles. The number of ether oxygens (including phenoxy) is 2. The van der Waals surface area contributed by atoms with Crippen LogP contribution in [0, 0.1) is 11.5 Å². The van der Waals surface area contributed by atoms with Crippen LogP contribution in [0.15, 0.2) is 58.6 Å². The van der Waals surface area contributed by atoms with Crippen LogP contribution >= 0.6 is 11.6 Å². The maximum Gasteiger partial charge on any atom is 0.573 e. The summed E-state index contributed by atoms with van der Waals surface area (Å²) in [5, 5.41) is 16.4.